The lowest BCUT2D eigenvalue weighted by Crippen LogP contribution is -2.42. The van der Waals surface area contributed by atoms with Crippen LogP contribution in [0.2, 0.25) is 0 Å². The average Bonchev–Trinajstić information content (AvgIpc) is 3.59. The van der Waals surface area contributed by atoms with Crippen LogP contribution in [0.5, 0.6) is 0 Å². The zero-order valence-electron chi connectivity index (χ0n) is 24.8. The van der Waals surface area contributed by atoms with Gasteiger partial charge in [0.15, 0.2) is 6.10 Å². The van der Waals surface area contributed by atoms with Crippen molar-refractivity contribution < 1.29 is 28.7 Å². The van der Waals surface area contributed by atoms with Gasteiger partial charge < -0.3 is 19.7 Å². The highest BCUT2D eigenvalue weighted by Gasteiger charge is 2.32. The number of hydrogen-bond acceptors (Lipinski definition) is 10. The molecular weight excluding hydrogens is 564 g/mol. The van der Waals surface area contributed by atoms with Gasteiger partial charge in [0.2, 0.25) is 5.91 Å². The van der Waals surface area contributed by atoms with Crippen molar-refractivity contribution in [3.05, 3.63) is 32.7 Å². The molecule has 226 valence electrons. The molecule has 2 heterocycles. The number of thiazole rings is 2. The molecule has 1 fully saturated rings. The topological polar surface area (TPSA) is 128 Å². The second-order valence-corrected chi connectivity index (χ2v) is 13.1. The number of hydrogen-bond donors (Lipinski definition) is 1. The van der Waals surface area contributed by atoms with Gasteiger partial charge in [-0.25, -0.2) is 9.97 Å². The Labute approximate surface area is 250 Å². The maximum absolute atomic E-state index is 13.3. The fourth-order valence-electron chi connectivity index (χ4n) is 5.05. The highest BCUT2D eigenvalue weighted by atomic mass is 32.1. The number of amides is 2. The highest BCUT2D eigenvalue weighted by molar-refractivity contribution is 7.10. The molecule has 0 bridgehead atoms. The van der Waals surface area contributed by atoms with Crippen molar-refractivity contribution >= 4 is 46.4 Å². The first-order valence-electron chi connectivity index (χ1n) is 14.1. The average molecular weight is 607 g/mol. The van der Waals surface area contributed by atoms with Crippen LogP contribution in [0.4, 0.5) is 0 Å². The molecule has 1 saturated carbocycles. The van der Waals surface area contributed by atoms with E-state index >= 15 is 0 Å². The zero-order chi connectivity index (χ0) is 30.1. The van der Waals surface area contributed by atoms with Crippen molar-refractivity contribution in [1.29, 1.82) is 0 Å². The lowest BCUT2D eigenvalue weighted by molar-refractivity contribution is -0.148. The number of aromatic nitrogens is 2. The molecule has 2 aromatic rings. The molecule has 0 aromatic carbocycles. The summed E-state index contributed by atoms with van der Waals surface area (Å²) < 4.78 is 10.5. The van der Waals surface area contributed by atoms with Crippen molar-refractivity contribution in [3.63, 3.8) is 0 Å². The molecule has 0 spiro atoms. The minimum Gasteiger partial charge on any atom is -0.469 e. The molecule has 0 saturated heterocycles. The van der Waals surface area contributed by atoms with E-state index in [2.05, 4.69) is 15.3 Å². The van der Waals surface area contributed by atoms with Gasteiger partial charge in [-0.2, -0.15) is 0 Å². The van der Waals surface area contributed by atoms with Crippen LogP contribution in [-0.4, -0.2) is 64.9 Å². The van der Waals surface area contributed by atoms with E-state index in [-0.39, 0.29) is 41.5 Å². The van der Waals surface area contributed by atoms with Gasteiger partial charge in [-0.3, -0.25) is 19.2 Å². The predicted molar refractivity (Wildman–Crippen MR) is 157 cm³/mol. The zero-order valence-corrected chi connectivity index (χ0v) is 26.4. The normalized spacial score (nSPS) is 16.3. The molecule has 10 nitrogen and oxygen atoms in total. The third-order valence-corrected chi connectivity index (χ3v) is 9.36. The Morgan fingerprint density at radius 2 is 1.88 bits per heavy atom. The summed E-state index contributed by atoms with van der Waals surface area (Å²) in [6.45, 7) is 7.19. The molecule has 3 rings (SSSR count). The van der Waals surface area contributed by atoms with E-state index in [1.54, 1.807) is 23.4 Å². The fraction of sp³-hybridized carbons (Fsp3) is 0.655. The number of ether oxygens (including phenoxy) is 2. The Hall–Kier alpha value is -2.86. The summed E-state index contributed by atoms with van der Waals surface area (Å²) in [6, 6.07) is -0.534. The van der Waals surface area contributed by atoms with Crippen molar-refractivity contribution in [2.24, 2.45) is 17.8 Å². The van der Waals surface area contributed by atoms with Crippen LogP contribution in [0.15, 0.2) is 17.0 Å². The van der Waals surface area contributed by atoms with E-state index in [1.807, 2.05) is 26.3 Å². The first kappa shape index (κ1) is 32.7. The summed E-state index contributed by atoms with van der Waals surface area (Å²) >= 11 is 2.72. The standard InChI is InChI=1S/C29H42N4O6S2/c1-17(2)23(33(5)26(35)13-20-8-7-9-20)15-24(39-19(4)34)28-32-22(16-41-28)27(36)31-21(12-18(3)29(37)38-6)14-25-30-10-11-40-25/h10-11,16-18,20-21,23-24H,7-9,12-15H2,1-6H3,(H,31,36)/t18-,21+,23?,24+/m0/s1. The number of nitrogens with one attached hydrogen (secondary N) is 1. The van der Waals surface area contributed by atoms with E-state index in [9.17, 15) is 19.2 Å². The van der Waals surface area contributed by atoms with Gasteiger partial charge in [-0.15, -0.1) is 22.7 Å². The van der Waals surface area contributed by atoms with Gasteiger partial charge in [-0.1, -0.05) is 27.2 Å². The van der Waals surface area contributed by atoms with Crippen molar-refractivity contribution in [3.8, 4) is 0 Å². The summed E-state index contributed by atoms with van der Waals surface area (Å²) in [5, 5.41) is 7.84. The minimum absolute atomic E-state index is 0.0987. The van der Waals surface area contributed by atoms with Gasteiger partial charge >= 0.3 is 11.9 Å². The van der Waals surface area contributed by atoms with E-state index in [0.717, 1.165) is 17.8 Å². The van der Waals surface area contributed by atoms with Crippen LogP contribution in [-0.2, 0) is 30.3 Å². The first-order chi connectivity index (χ1) is 19.5. The SMILES string of the molecule is COC(=O)[C@@H](C)C[C@H](Cc1nccs1)NC(=O)c1csc([C@@H](CC(C(C)C)N(C)C(=O)CC2CCC2)OC(C)=O)n1. The second-order valence-electron chi connectivity index (χ2n) is 11.2. The summed E-state index contributed by atoms with van der Waals surface area (Å²) in [7, 11) is 3.16. The number of carbonyl (C=O) groups excluding carboxylic acids is 4. The number of methoxy groups -OCH3 is 1. The summed E-state index contributed by atoms with van der Waals surface area (Å²) in [6.07, 6.45) is 6.13. The highest BCUT2D eigenvalue weighted by Crippen LogP contribution is 2.33. The van der Waals surface area contributed by atoms with Crippen LogP contribution in [0.3, 0.4) is 0 Å². The van der Waals surface area contributed by atoms with Crippen LogP contribution in [0.1, 0.15) is 92.8 Å². The Bertz CT molecular complexity index is 1160. The maximum Gasteiger partial charge on any atom is 0.308 e. The molecule has 0 aliphatic heterocycles. The summed E-state index contributed by atoms with van der Waals surface area (Å²) in [4.78, 5) is 61.0. The maximum atomic E-state index is 13.3. The van der Waals surface area contributed by atoms with E-state index in [4.69, 9.17) is 9.47 Å². The Kier molecular flexibility index (Phi) is 12.3. The molecule has 1 unspecified atom stereocenters. The Morgan fingerprint density at radius 1 is 1.15 bits per heavy atom. The van der Waals surface area contributed by atoms with Gasteiger partial charge in [0, 0.05) is 62.3 Å². The Morgan fingerprint density at radius 3 is 2.44 bits per heavy atom. The number of esters is 2. The van der Waals surface area contributed by atoms with Gasteiger partial charge in [0.25, 0.3) is 5.91 Å². The first-order valence-corrected chi connectivity index (χ1v) is 15.9. The lowest BCUT2D eigenvalue weighted by Gasteiger charge is -2.35. The largest absolute Gasteiger partial charge is 0.469 e. The van der Waals surface area contributed by atoms with Crippen LogP contribution in [0.25, 0.3) is 0 Å². The third-order valence-electron chi connectivity index (χ3n) is 7.62. The molecule has 4 atom stereocenters. The van der Waals surface area contributed by atoms with Crippen LogP contribution >= 0.6 is 22.7 Å². The van der Waals surface area contributed by atoms with Crippen molar-refractivity contribution in [1.82, 2.24) is 20.2 Å². The quantitative estimate of drug-likeness (QED) is 0.286. The van der Waals surface area contributed by atoms with E-state index in [0.29, 0.717) is 36.6 Å². The van der Waals surface area contributed by atoms with E-state index < -0.39 is 18.0 Å². The summed E-state index contributed by atoms with van der Waals surface area (Å²) in [5.74, 6) is -0.933. The number of nitrogens with zero attached hydrogens (tertiary/aromatic N) is 3. The van der Waals surface area contributed by atoms with Crippen LogP contribution in [0, 0.1) is 17.8 Å². The molecular formula is C29H42N4O6S2. The molecule has 2 aromatic heterocycles. The van der Waals surface area contributed by atoms with Crippen molar-refractivity contribution in [2.75, 3.05) is 14.2 Å². The predicted octanol–water partition coefficient (Wildman–Crippen LogP) is 4.81. The molecule has 0 radical (unpaired) electrons. The minimum atomic E-state index is -0.698. The van der Waals surface area contributed by atoms with Crippen LogP contribution < -0.4 is 5.32 Å². The molecule has 1 N–H and O–H groups in total. The van der Waals surface area contributed by atoms with Crippen molar-refractivity contribution in [2.45, 2.75) is 90.8 Å². The molecule has 12 heteroatoms. The number of rotatable bonds is 15. The second kappa shape index (κ2) is 15.4. The van der Waals surface area contributed by atoms with Gasteiger partial charge in [-0.05, 0) is 31.1 Å². The molecule has 2 amide bonds. The Balaban J connectivity index is 1.74. The molecule has 41 heavy (non-hydrogen) atoms. The fourth-order valence-corrected chi connectivity index (χ4v) is 6.59. The smallest absolute Gasteiger partial charge is 0.308 e. The monoisotopic (exact) mass is 606 g/mol. The third kappa shape index (κ3) is 9.59. The molecule has 1 aliphatic carbocycles. The molecule has 1 aliphatic rings. The van der Waals surface area contributed by atoms with Gasteiger partial charge in [0.1, 0.15) is 10.7 Å². The lowest BCUT2D eigenvalue weighted by atomic mass is 9.82. The van der Waals surface area contributed by atoms with E-state index in [1.165, 1.54) is 43.1 Å². The summed E-state index contributed by atoms with van der Waals surface area (Å²) in [5.41, 5.74) is 0.201. The van der Waals surface area contributed by atoms with Gasteiger partial charge in [0.05, 0.1) is 18.0 Å². The number of carbonyl (C=O) groups is 4.